The molecule has 2 aromatic carbocycles. The van der Waals surface area contributed by atoms with Gasteiger partial charge in [0.15, 0.2) is 0 Å². The van der Waals surface area contributed by atoms with Crippen LogP contribution in [0, 0.1) is 0 Å². The van der Waals surface area contributed by atoms with E-state index in [0.29, 0.717) is 18.7 Å². The fourth-order valence-corrected chi connectivity index (χ4v) is 2.76. The predicted molar refractivity (Wildman–Crippen MR) is 83.0 cm³/mol. The maximum absolute atomic E-state index is 13.1. The second-order valence-electron chi connectivity index (χ2n) is 5.15. The Bertz CT molecular complexity index is 761. The van der Waals surface area contributed by atoms with E-state index in [4.69, 9.17) is 11.6 Å². The third-order valence-electron chi connectivity index (χ3n) is 3.66. The van der Waals surface area contributed by atoms with Crippen LogP contribution in [0.3, 0.4) is 0 Å². The van der Waals surface area contributed by atoms with Gasteiger partial charge in [-0.2, -0.15) is 13.2 Å². The second-order valence-corrected chi connectivity index (χ2v) is 5.58. The van der Waals surface area contributed by atoms with Crippen LogP contribution < -0.4 is 10.2 Å². The average molecular weight is 341 g/mol. The number of amides is 2. The summed E-state index contributed by atoms with van der Waals surface area (Å²) in [6.07, 6.45) is -3.92. The van der Waals surface area contributed by atoms with Crippen LogP contribution in [0.5, 0.6) is 0 Å². The van der Waals surface area contributed by atoms with Crippen molar-refractivity contribution >= 4 is 29.0 Å². The van der Waals surface area contributed by atoms with Crippen molar-refractivity contribution in [1.29, 1.82) is 0 Å². The molecule has 1 N–H and O–H groups in total. The van der Waals surface area contributed by atoms with Crippen molar-refractivity contribution in [2.75, 3.05) is 16.8 Å². The Morgan fingerprint density at radius 2 is 1.91 bits per heavy atom. The van der Waals surface area contributed by atoms with Crippen molar-refractivity contribution in [2.45, 2.75) is 12.6 Å². The van der Waals surface area contributed by atoms with Crippen molar-refractivity contribution in [1.82, 2.24) is 0 Å². The smallest absolute Gasteiger partial charge is 0.307 e. The highest BCUT2D eigenvalue weighted by Gasteiger charge is 2.35. The molecule has 7 heteroatoms. The van der Waals surface area contributed by atoms with E-state index in [1.165, 1.54) is 11.0 Å². The summed E-state index contributed by atoms with van der Waals surface area (Å²) in [4.78, 5) is 13.8. The molecule has 0 radical (unpaired) electrons. The molecule has 23 heavy (non-hydrogen) atoms. The third kappa shape index (κ3) is 3.12. The Morgan fingerprint density at radius 1 is 1.17 bits per heavy atom. The van der Waals surface area contributed by atoms with Crippen molar-refractivity contribution in [3.05, 3.63) is 58.6 Å². The number of hydrogen-bond donors (Lipinski definition) is 1. The van der Waals surface area contributed by atoms with Gasteiger partial charge in [0.05, 0.1) is 11.3 Å². The lowest BCUT2D eigenvalue weighted by Gasteiger charge is -2.20. The first-order valence-corrected chi connectivity index (χ1v) is 7.27. The van der Waals surface area contributed by atoms with Gasteiger partial charge in [-0.1, -0.05) is 29.8 Å². The fraction of sp³-hybridized carbons (Fsp3) is 0.188. The Morgan fingerprint density at radius 3 is 2.65 bits per heavy atom. The molecule has 1 aliphatic heterocycles. The molecule has 2 aromatic rings. The van der Waals surface area contributed by atoms with E-state index in [-0.39, 0.29) is 10.7 Å². The average Bonchev–Trinajstić information content (AvgIpc) is 2.92. The maximum Gasteiger partial charge on any atom is 0.418 e. The van der Waals surface area contributed by atoms with Crippen molar-refractivity contribution in [2.24, 2.45) is 0 Å². The number of fused-ring (bicyclic) bond motifs is 1. The van der Waals surface area contributed by atoms with Crippen molar-refractivity contribution < 1.29 is 18.0 Å². The van der Waals surface area contributed by atoms with Gasteiger partial charge in [-0.3, -0.25) is 4.90 Å². The van der Waals surface area contributed by atoms with Crippen LogP contribution >= 0.6 is 11.6 Å². The minimum atomic E-state index is -4.60. The van der Waals surface area contributed by atoms with Crippen LogP contribution in [0.25, 0.3) is 0 Å². The molecule has 1 heterocycles. The van der Waals surface area contributed by atoms with E-state index < -0.39 is 17.8 Å². The molecule has 0 saturated heterocycles. The molecule has 0 aliphatic carbocycles. The Hall–Kier alpha value is -2.21. The number of urea groups is 1. The number of carbonyl (C=O) groups excluding carboxylic acids is 1. The molecule has 3 rings (SSSR count). The first kappa shape index (κ1) is 15.7. The first-order valence-electron chi connectivity index (χ1n) is 6.89. The SMILES string of the molecule is O=C(Nc1ccc(Cl)cc1C(F)(F)F)N1CCc2ccccc21. The highest BCUT2D eigenvalue weighted by atomic mass is 35.5. The number of anilines is 2. The van der Waals surface area contributed by atoms with Gasteiger partial charge in [0.2, 0.25) is 0 Å². The lowest BCUT2D eigenvalue weighted by Crippen LogP contribution is -2.34. The summed E-state index contributed by atoms with van der Waals surface area (Å²) >= 11 is 5.63. The van der Waals surface area contributed by atoms with E-state index in [1.54, 1.807) is 12.1 Å². The molecule has 0 bridgehead atoms. The minimum absolute atomic E-state index is 0.0400. The summed E-state index contributed by atoms with van der Waals surface area (Å²) in [5.41, 5.74) is 0.435. The molecule has 1 aliphatic rings. The highest BCUT2D eigenvalue weighted by Crippen LogP contribution is 2.37. The molecule has 0 atom stereocenters. The van der Waals surface area contributed by atoms with Gasteiger partial charge in [-0.15, -0.1) is 0 Å². The molecule has 0 aromatic heterocycles. The van der Waals surface area contributed by atoms with Crippen molar-refractivity contribution in [3.8, 4) is 0 Å². The molecule has 120 valence electrons. The lowest BCUT2D eigenvalue weighted by atomic mass is 10.1. The number of nitrogens with one attached hydrogen (secondary N) is 1. The summed E-state index contributed by atoms with van der Waals surface area (Å²) in [6.45, 7) is 0.431. The van der Waals surface area contributed by atoms with E-state index in [1.807, 2.05) is 12.1 Å². The van der Waals surface area contributed by atoms with Crippen LogP contribution in [0.2, 0.25) is 5.02 Å². The molecule has 0 saturated carbocycles. The topological polar surface area (TPSA) is 32.3 Å². The Kier molecular flexibility index (Phi) is 3.93. The van der Waals surface area contributed by atoms with E-state index in [9.17, 15) is 18.0 Å². The molecule has 2 amide bonds. The lowest BCUT2D eigenvalue weighted by molar-refractivity contribution is -0.136. The van der Waals surface area contributed by atoms with E-state index in [0.717, 1.165) is 17.7 Å². The minimum Gasteiger partial charge on any atom is -0.307 e. The highest BCUT2D eigenvalue weighted by molar-refractivity contribution is 6.30. The Balaban J connectivity index is 1.88. The number of benzene rings is 2. The molecular weight excluding hydrogens is 329 g/mol. The Labute approximate surface area is 135 Å². The number of alkyl halides is 3. The van der Waals surface area contributed by atoms with Gasteiger partial charge in [0.25, 0.3) is 0 Å². The van der Waals surface area contributed by atoms with Gasteiger partial charge < -0.3 is 5.32 Å². The quantitative estimate of drug-likeness (QED) is 0.782. The fourth-order valence-electron chi connectivity index (χ4n) is 2.59. The summed E-state index contributed by atoms with van der Waals surface area (Å²) in [5, 5.41) is 2.30. The number of halogens is 4. The molecular formula is C16H12ClF3N2O. The van der Waals surface area contributed by atoms with Crippen molar-refractivity contribution in [3.63, 3.8) is 0 Å². The summed E-state index contributed by atoms with van der Waals surface area (Å²) in [7, 11) is 0. The van der Waals surface area contributed by atoms with E-state index >= 15 is 0 Å². The normalized spacial score (nSPS) is 13.8. The van der Waals surface area contributed by atoms with Gasteiger partial charge in [-0.25, -0.2) is 4.79 Å². The van der Waals surface area contributed by atoms with Crippen LogP contribution in [-0.2, 0) is 12.6 Å². The largest absolute Gasteiger partial charge is 0.418 e. The maximum atomic E-state index is 13.1. The van der Waals surface area contributed by atoms with Crippen LogP contribution in [0.15, 0.2) is 42.5 Å². The summed E-state index contributed by atoms with van der Waals surface area (Å²) in [6, 6.07) is 9.99. The monoisotopic (exact) mass is 340 g/mol. The zero-order valence-corrected chi connectivity index (χ0v) is 12.6. The van der Waals surface area contributed by atoms with Gasteiger partial charge >= 0.3 is 12.2 Å². The zero-order valence-electron chi connectivity index (χ0n) is 11.8. The molecule has 0 unspecified atom stereocenters. The number of carbonyl (C=O) groups is 1. The number of nitrogens with zero attached hydrogens (tertiary/aromatic N) is 1. The number of hydrogen-bond acceptors (Lipinski definition) is 1. The predicted octanol–water partition coefficient (Wildman–Crippen LogP) is 4.95. The summed E-state index contributed by atoms with van der Waals surface area (Å²) < 4.78 is 39.2. The van der Waals surface area contributed by atoms with Gasteiger partial charge in [-0.05, 0) is 36.2 Å². The van der Waals surface area contributed by atoms with Gasteiger partial charge in [0.1, 0.15) is 0 Å². The van der Waals surface area contributed by atoms with Crippen LogP contribution in [0.4, 0.5) is 29.3 Å². The standard InChI is InChI=1S/C16H12ClF3N2O/c17-11-5-6-13(12(9-11)16(18,19)20)21-15(23)22-8-7-10-3-1-2-4-14(10)22/h1-6,9H,7-8H2,(H,21,23). The molecule has 3 nitrogen and oxygen atoms in total. The molecule has 0 fully saturated rings. The third-order valence-corrected chi connectivity index (χ3v) is 3.90. The zero-order chi connectivity index (χ0) is 16.6. The first-order chi connectivity index (χ1) is 10.9. The van der Waals surface area contributed by atoms with E-state index in [2.05, 4.69) is 5.32 Å². The second kappa shape index (κ2) is 5.77. The van der Waals surface area contributed by atoms with Crippen LogP contribution in [-0.4, -0.2) is 12.6 Å². The number of para-hydroxylation sites is 1. The summed E-state index contributed by atoms with van der Waals surface area (Å²) in [5.74, 6) is 0. The molecule has 0 spiro atoms. The van der Waals surface area contributed by atoms with Crippen LogP contribution in [0.1, 0.15) is 11.1 Å². The number of rotatable bonds is 1. The van der Waals surface area contributed by atoms with Gasteiger partial charge in [0, 0.05) is 17.3 Å².